The van der Waals surface area contributed by atoms with E-state index in [4.69, 9.17) is 14.2 Å². The maximum atomic E-state index is 11.8. The number of aliphatic imine (C=N–C) groups is 1. The molecule has 0 fully saturated rings. The van der Waals surface area contributed by atoms with E-state index in [1.165, 1.54) is 6.26 Å². The minimum Gasteiger partial charge on any atom is -0.493 e. The third kappa shape index (κ3) is 6.91. The van der Waals surface area contributed by atoms with E-state index in [2.05, 4.69) is 15.6 Å². The molecule has 0 aliphatic carbocycles. The van der Waals surface area contributed by atoms with Gasteiger partial charge in [-0.25, -0.2) is 8.42 Å². The van der Waals surface area contributed by atoms with Gasteiger partial charge in [0, 0.05) is 26.4 Å². The first-order valence-electron chi connectivity index (χ1n) is 8.02. The normalized spacial score (nSPS) is 12.0. The minimum atomic E-state index is -3.19. The quantitative estimate of drug-likeness (QED) is 0.310. The molecule has 0 saturated carbocycles. The Hall–Kier alpha value is -1.43. The van der Waals surface area contributed by atoms with E-state index >= 15 is 0 Å². The number of ether oxygens (including phenoxy) is 3. The number of methoxy groups -OCH3 is 3. The van der Waals surface area contributed by atoms with Crippen molar-refractivity contribution in [2.24, 2.45) is 4.99 Å². The summed E-state index contributed by atoms with van der Waals surface area (Å²) >= 11 is 0. The zero-order valence-electron chi connectivity index (χ0n) is 16.9. The van der Waals surface area contributed by atoms with Gasteiger partial charge in [-0.05, 0) is 31.5 Å². The molecule has 0 heterocycles. The highest BCUT2D eigenvalue weighted by atomic mass is 127. The van der Waals surface area contributed by atoms with Crippen LogP contribution in [0, 0.1) is 0 Å². The van der Waals surface area contributed by atoms with Crippen LogP contribution in [0.2, 0.25) is 0 Å². The van der Waals surface area contributed by atoms with Crippen LogP contribution in [0.15, 0.2) is 17.1 Å². The summed E-state index contributed by atoms with van der Waals surface area (Å²) in [6.07, 6.45) is 1.22. The minimum absolute atomic E-state index is 0. The van der Waals surface area contributed by atoms with E-state index in [1.807, 2.05) is 12.1 Å². The Morgan fingerprint density at radius 1 is 1.07 bits per heavy atom. The van der Waals surface area contributed by atoms with E-state index in [9.17, 15) is 8.42 Å². The number of halogens is 1. The maximum absolute atomic E-state index is 11.8. The van der Waals surface area contributed by atoms with Crippen LogP contribution in [-0.4, -0.2) is 60.3 Å². The summed E-state index contributed by atoms with van der Waals surface area (Å²) in [6, 6.07) is 3.67. The third-order valence-corrected chi connectivity index (χ3v) is 6.25. The highest BCUT2D eigenvalue weighted by Crippen LogP contribution is 2.38. The highest BCUT2D eigenvalue weighted by Gasteiger charge is 2.30. The Balaban J connectivity index is 0.00000676. The van der Waals surface area contributed by atoms with Crippen LogP contribution in [0.1, 0.15) is 19.4 Å². The molecule has 1 aromatic rings. The number of nitrogens with one attached hydrogen (secondary N) is 2. The van der Waals surface area contributed by atoms with Gasteiger partial charge in [-0.2, -0.15) is 0 Å². The van der Waals surface area contributed by atoms with Crippen LogP contribution in [-0.2, 0) is 16.4 Å². The second-order valence-electron chi connectivity index (χ2n) is 6.34. The van der Waals surface area contributed by atoms with E-state index in [0.29, 0.717) is 29.8 Å². The Kier molecular flexibility index (Phi) is 10.2. The molecule has 27 heavy (non-hydrogen) atoms. The van der Waals surface area contributed by atoms with E-state index in [1.54, 1.807) is 42.2 Å². The summed E-state index contributed by atoms with van der Waals surface area (Å²) in [4.78, 5) is 4.12. The molecule has 0 amide bonds. The lowest BCUT2D eigenvalue weighted by Crippen LogP contribution is -2.47. The van der Waals surface area contributed by atoms with Gasteiger partial charge >= 0.3 is 0 Å². The summed E-state index contributed by atoms with van der Waals surface area (Å²) in [5.74, 6) is 2.14. The van der Waals surface area contributed by atoms with Crippen LogP contribution < -0.4 is 24.8 Å². The largest absolute Gasteiger partial charge is 0.493 e. The lowest BCUT2D eigenvalue weighted by Gasteiger charge is -2.24. The second kappa shape index (κ2) is 10.8. The summed E-state index contributed by atoms with van der Waals surface area (Å²) in [7, 11) is 3.10. The number of hydrogen-bond acceptors (Lipinski definition) is 6. The average molecular weight is 515 g/mol. The van der Waals surface area contributed by atoms with Crippen molar-refractivity contribution in [2.75, 3.05) is 41.2 Å². The zero-order chi connectivity index (χ0) is 20.0. The maximum Gasteiger partial charge on any atom is 0.203 e. The molecule has 0 atom stereocenters. The summed E-state index contributed by atoms with van der Waals surface area (Å²) in [5.41, 5.74) is 0.893. The molecule has 0 unspecified atom stereocenters. The lowest BCUT2D eigenvalue weighted by molar-refractivity contribution is 0.323. The third-order valence-electron chi connectivity index (χ3n) is 4.09. The molecule has 10 heteroatoms. The average Bonchev–Trinajstić information content (AvgIpc) is 2.59. The van der Waals surface area contributed by atoms with E-state index < -0.39 is 14.6 Å². The monoisotopic (exact) mass is 515 g/mol. The molecule has 1 rings (SSSR count). The summed E-state index contributed by atoms with van der Waals surface area (Å²) in [5, 5.41) is 6.18. The Morgan fingerprint density at radius 2 is 1.59 bits per heavy atom. The highest BCUT2D eigenvalue weighted by molar-refractivity contribution is 14.0. The second-order valence-corrected chi connectivity index (χ2v) is 8.99. The standard InChI is InChI=1S/C17H29N3O5S.HI/c1-17(2,26(7,21)22)11-20-16(18-3)19-10-12-8-13(23-4)15(25-6)14(9-12)24-5;/h8-9H,10-11H2,1-7H3,(H2,18,19,20);1H. The summed E-state index contributed by atoms with van der Waals surface area (Å²) < 4.78 is 38.7. The van der Waals surface area contributed by atoms with Crippen LogP contribution in [0.4, 0.5) is 0 Å². The molecule has 0 spiro atoms. The molecular formula is C17H30IN3O5S. The predicted octanol–water partition coefficient (Wildman–Crippen LogP) is 1.82. The Bertz CT molecular complexity index is 726. The molecule has 0 saturated heterocycles. The Labute approximate surface area is 179 Å². The fraction of sp³-hybridized carbons (Fsp3) is 0.588. The van der Waals surface area contributed by atoms with Gasteiger partial charge in [-0.3, -0.25) is 4.99 Å². The lowest BCUT2D eigenvalue weighted by atomic mass is 10.1. The van der Waals surface area contributed by atoms with Crippen LogP contribution in [0.3, 0.4) is 0 Å². The first kappa shape index (κ1) is 25.6. The molecule has 1 aromatic carbocycles. The van der Waals surface area contributed by atoms with Crippen molar-refractivity contribution < 1.29 is 22.6 Å². The van der Waals surface area contributed by atoms with E-state index in [0.717, 1.165) is 5.56 Å². The number of guanidine groups is 1. The van der Waals surface area contributed by atoms with Gasteiger partial charge in [0.05, 0.1) is 26.1 Å². The van der Waals surface area contributed by atoms with Gasteiger partial charge in [0.25, 0.3) is 0 Å². The number of sulfone groups is 1. The molecule has 0 bridgehead atoms. The molecule has 8 nitrogen and oxygen atoms in total. The predicted molar refractivity (Wildman–Crippen MR) is 119 cm³/mol. The van der Waals surface area contributed by atoms with Gasteiger partial charge in [0.15, 0.2) is 27.3 Å². The smallest absolute Gasteiger partial charge is 0.203 e. The fourth-order valence-electron chi connectivity index (χ4n) is 2.07. The molecule has 0 aliphatic heterocycles. The van der Waals surface area contributed by atoms with Crippen molar-refractivity contribution in [3.05, 3.63) is 17.7 Å². The van der Waals surface area contributed by atoms with Gasteiger partial charge in [-0.15, -0.1) is 24.0 Å². The molecule has 0 radical (unpaired) electrons. The van der Waals surface area contributed by atoms with Gasteiger partial charge in [-0.1, -0.05) is 0 Å². The number of hydrogen-bond donors (Lipinski definition) is 2. The number of rotatable bonds is 8. The number of benzene rings is 1. The van der Waals surface area contributed by atoms with Crippen LogP contribution >= 0.6 is 24.0 Å². The Morgan fingerprint density at radius 3 is 1.96 bits per heavy atom. The van der Waals surface area contributed by atoms with Crippen LogP contribution in [0.5, 0.6) is 17.2 Å². The molecule has 0 aliphatic rings. The molecule has 156 valence electrons. The molecule has 2 N–H and O–H groups in total. The van der Waals surface area contributed by atoms with E-state index in [-0.39, 0.29) is 30.5 Å². The topological polar surface area (TPSA) is 98.2 Å². The van der Waals surface area contributed by atoms with Crippen molar-refractivity contribution in [2.45, 2.75) is 25.1 Å². The first-order chi connectivity index (χ1) is 12.1. The van der Waals surface area contributed by atoms with Gasteiger partial charge in [0.1, 0.15) is 0 Å². The van der Waals surface area contributed by atoms with Crippen LogP contribution in [0.25, 0.3) is 0 Å². The van der Waals surface area contributed by atoms with Gasteiger partial charge in [0.2, 0.25) is 5.75 Å². The molecule has 0 aromatic heterocycles. The first-order valence-corrected chi connectivity index (χ1v) is 9.91. The van der Waals surface area contributed by atoms with Crippen molar-refractivity contribution in [1.82, 2.24) is 10.6 Å². The fourth-order valence-corrected chi connectivity index (χ4v) is 2.41. The number of nitrogens with zero attached hydrogens (tertiary/aromatic N) is 1. The molecular weight excluding hydrogens is 485 g/mol. The van der Waals surface area contributed by atoms with Crippen molar-refractivity contribution in [3.63, 3.8) is 0 Å². The SMILES string of the molecule is CN=C(NCc1cc(OC)c(OC)c(OC)c1)NCC(C)(C)S(C)(=O)=O.I. The van der Waals surface area contributed by atoms with Crippen molar-refractivity contribution in [3.8, 4) is 17.2 Å². The summed E-state index contributed by atoms with van der Waals surface area (Å²) in [6.45, 7) is 4.01. The van der Waals surface area contributed by atoms with Crippen molar-refractivity contribution in [1.29, 1.82) is 0 Å². The van der Waals surface area contributed by atoms with Crippen molar-refractivity contribution >= 4 is 39.8 Å². The zero-order valence-corrected chi connectivity index (χ0v) is 20.0. The van der Waals surface area contributed by atoms with Gasteiger partial charge < -0.3 is 24.8 Å².